The van der Waals surface area contributed by atoms with Crippen molar-refractivity contribution in [1.82, 2.24) is 10.2 Å². The lowest BCUT2D eigenvalue weighted by Gasteiger charge is -2.28. The van der Waals surface area contributed by atoms with E-state index in [-0.39, 0.29) is 0 Å². The highest BCUT2D eigenvalue weighted by atomic mass is 32.1. The van der Waals surface area contributed by atoms with Crippen LogP contribution >= 0.6 is 11.3 Å². The summed E-state index contributed by atoms with van der Waals surface area (Å²) in [5.74, 6) is 1.10. The van der Waals surface area contributed by atoms with Crippen LogP contribution in [0.25, 0.3) is 0 Å². The number of nitrogens with zero attached hydrogens (tertiary/aromatic N) is 2. The topological polar surface area (TPSA) is 27.6 Å². The Morgan fingerprint density at radius 3 is 3.36 bits per heavy atom. The first-order valence-electron chi connectivity index (χ1n) is 5.02. The number of thiophene rings is 1. The fourth-order valence-corrected chi connectivity index (χ4v) is 2.92. The van der Waals surface area contributed by atoms with Crippen LogP contribution in [0.2, 0.25) is 0 Å². The number of aliphatic imine (C=N–C) groups is 1. The van der Waals surface area contributed by atoms with Crippen molar-refractivity contribution >= 4 is 17.3 Å². The quantitative estimate of drug-likeness (QED) is 0.689. The van der Waals surface area contributed by atoms with Gasteiger partial charge in [-0.1, -0.05) is 0 Å². The molecule has 2 aliphatic rings. The summed E-state index contributed by atoms with van der Waals surface area (Å²) < 4.78 is 0. The molecule has 0 aromatic carbocycles. The van der Waals surface area contributed by atoms with Gasteiger partial charge in [0, 0.05) is 24.5 Å². The van der Waals surface area contributed by atoms with Gasteiger partial charge in [-0.15, -0.1) is 11.3 Å². The maximum absolute atomic E-state index is 4.45. The second kappa shape index (κ2) is 3.28. The molecule has 4 heteroatoms. The number of fused-ring (bicyclic) bond motifs is 1. The number of hydrogen-bond acceptors (Lipinski definition) is 4. The Bertz CT molecular complexity index is 369. The minimum atomic E-state index is 0.933. The smallest absolute Gasteiger partial charge is 0.194 e. The highest BCUT2D eigenvalue weighted by Gasteiger charge is 2.21. The third-order valence-corrected chi connectivity index (χ3v) is 3.79. The summed E-state index contributed by atoms with van der Waals surface area (Å²) in [6, 6.07) is 2.24. The molecule has 0 radical (unpaired) electrons. The summed E-state index contributed by atoms with van der Waals surface area (Å²) >= 11 is 1.88. The molecule has 0 spiro atoms. The van der Waals surface area contributed by atoms with Crippen molar-refractivity contribution in [2.75, 3.05) is 19.6 Å². The molecule has 1 N–H and O–H groups in total. The fourth-order valence-electron chi connectivity index (χ4n) is 2.03. The van der Waals surface area contributed by atoms with Gasteiger partial charge in [0.05, 0.1) is 6.54 Å². The molecular weight excluding hydrogens is 194 g/mol. The van der Waals surface area contributed by atoms with E-state index in [0.717, 1.165) is 32.1 Å². The van der Waals surface area contributed by atoms with E-state index in [4.69, 9.17) is 0 Å². The zero-order valence-corrected chi connectivity index (χ0v) is 8.81. The third-order valence-electron chi connectivity index (χ3n) is 2.76. The molecule has 0 bridgehead atoms. The summed E-state index contributed by atoms with van der Waals surface area (Å²) in [6.07, 6.45) is 1.17. The monoisotopic (exact) mass is 207 g/mol. The second-order valence-corrected chi connectivity index (χ2v) is 4.67. The van der Waals surface area contributed by atoms with Gasteiger partial charge in [-0.3, -0.25) is 4.99 Å². The van der Waals surface area contributed by atoms with E-state index in [1.807, 2.05) is 11.3 Å². The third kappa shape index (κ3) is 1.30. The van der Waals surface area contributed by atoms with Crippen molar-refractivity contribution in [2.45, 2.75) is 13.0 Å². The normalized spacial score (nSPS) is 20.3. The van der Waals surface area contributed by atoms with Crippen molar-refractivity contribution in [2.24, 2.45) is 4.99 Å². The lowest BCUT2D eigenvalue weighted by molar-refractivity contribution is 0.387. The Balaban J connectivity index is 1.81. The maximum atomic E-state index is 4.45. The predicted octanol–water partition coefficient (Wildman–Crippen LogP) is 1.07. The van der Waals surface area contributed by atoms with Crippen molar-refractivity contribution in [1.29, 1.82) is 0 Å². The Kier molecular flexibility index (Phi) is 1.94. The molecule has 14 heavy (non-hydrogen) atoms. The van der Waals surface area contributed by atoms with Gasteiger partial charge in [-0.25, -0.2) is 0 Å². The Labute approximate surface area is 87.5 Å². The van der Waals surface area contributed by atoms with Crippen LogP contribution in [-0.4, -0.2) is 30.5 Å². The van der Waals surface area contributed by atoms with Gasteiger partial charge in [0.1, 0.15) is 0 Å². The second-order valence-electron chi connectivity index (χ2n) is 3.67. The molecule has 0 unspecified atom stereocenters. The first-order valence-corrected chi connectivity index (χ1v) is 5.90. The minimum Gasteiger partial charge on any atom is -0.354 e. The zero-order valence-electron chi connectivity index (χ0n) is 7.99. The molecule has 0 saturated carbocycles. The number of rotatable bonds is 0. The number of nitrogens with one attached hydrogen (secondary N) is 1. The van der Waals surface area contributed by atoms with Gasteiger partial charge in [0.25, 0.3) is 0 Å². The summed E-state index contributed by atoms with van der Waals surface area (Å²) in [4.78, 5) is 8.36. The van der Waals surface area contributed by atoms with Crippen molar-refractivity contribution in [3.63, 3.8) is 0 Å². The van der Waals surface area contributed by atoms with Crippen LogP contribution in [0.15, 0.2) is 16.4 Å². The van der Waals surface area contributed by atoms with Gasteiger partial charge in [0.15, 0.2) is 5.96 Å². The summed E-state index contributed by atoms with van der Waals surface area (Å²) in [6.45, 7) is 4.08. The van der Waals surface area contributed by atoms with E-state index in [2.05, 4.69) is 26.7 Å². The van der Waals surface area contributed by atoms with Crippen LogP contribution in [0.5, 0.6) is 0 Å². The van der Waals surface area contributed by atoms with Gasteiger partial charge >= 0.3 is 0 Å². The lowest BCUT2D eigenvalue weighted by atomic mass is 10.1. The number of guanidine groups is 1. The van der Waals surface area contributed by atoms with Crippen molar-refractivity contribution in [3.8, 4) is 0 Å². The molecule has 0 fully saturated rings. The molecule has 0 atom stereocenters. The Hall–Kier alpha value is -1.03. The molecule has 2 aliphatic heterocycles. The highest BCUT2D eigenvalue weighted by Crippen LogP contribution is 2.24. The summed E-state index contributed by atoms with van der Waals surface area (Å²) in [7, 11) is 0. The number of hydrogen-bond donors (Lipinski definition) is 1. The summed E-state index contributed by atoms with van der Waals surface area (Å²) in [5.41, 5.74) is 1.48. The van der Waals surface area contributed by atoms with Crippen molar-refractivity contribution < 1.29 is 0 Å². The van der Waals surface area contributed by atoms with Gasteiger partial charge in [-0.2, -0.15) is 0 Å². The van der Waals surface area contributed by atoms with E-state index < -0.39 is 0 Å². The van der Waals surface area contributed by atoms with Gasteiger partial charge in [-0.05, 0) is 23.4 Å². The van der Waals surface area contributed by atoms with Crippen LogP contribution in [0, 0.1) is 0 Å². The van der Waals surface area contributed by atoms with E-state index >= 15 is 0 Å². The molecule has 1 aromatic heterocycles. The van der Waals surface area contributed by atoms with Crippen LogP contribution in [0.1, 0.15) is 10.4 Å². The molecule has 3 nitrogen and oxygen atoms in total. The maximum Gasteiger partial charge on any atom is 0.194 e. The molecule has 0 aliphatic carbocycles. The molecule has 1 aromatic rings. The lowest BCUT2D eigenvalue weighted by Crippen LogP contribution is -2.41. The molecule has 74 valence electrons. The SMILES string of the molecule is c1cc2c(s1)CCN(C1=NCCN1)C2. The minimum absolute atomic E-state index is 0.933. The largest absolute Gasteiger partial charge is 0.354 e. The van der Waals surface area contributed by atoms with Crippen LogP contribution in [0.3, 0.4) is 0 Å². The van der Waals surface area contributed by atoms with E-state index in [0.29, 0.717) is 0 Å². The van der Waals surface area contributed by atoms with E-state index in [1.54, 1.807) is 4.88 Å². The average molecular weight is 207 g/mol. The van der Waals surface area contributed by atoms with Crippen molar-refractivity contribution in [3.05, 3.63) is 21.9 Å². The van der Waals surface area contributed by atoms with E-state index in [1.165, 1.54) is 12.0 Å². The van der Waals surface area contributed by atoms with Crippen LogP contribution in [-0.2, 0) is 13.0 Å². The predicted molar refractivity (Wildman–Crippen MR) is 58.7 cm³/mol. The molecule has 3 heterocycles. The van der Waals surface area contributed by atoms with Gasteiger partial charge in [0.2, 0.25) is 0 Å². The van der Waals surface area contributed by atoms with E-state index in [9.17, 15) is 0 Å². The first kappa shape index (κ1) is 8.29. The van der Waals surface area contributed by atoms with Crippen LogP contribution in [0.4, 0.5) is 0 Å². The average Bonchev–Trinajstić information content (AvgIpc) is 2.88. The molecular formula is C10H13N3S. The standard InChI is InChI=1S/C10H13N3S/c1-5-13(10-11-3-4-12-10)7-8-2-6-14-9(1)8/h2,6H,1,3-5,7H2,(H,11,12). The first-order chi connectivity index (χ1) is 6.93. The fraction of sp³-hybridized carbons (Fsp3) is 0.500. The Morgan fingerprint density at radius 2 is 2.50 bits per heavy atom. The highest BCUT2D eigenvalue weighted by molar-refractivity contribution is 7.10. The zero-order chi connectivity index (χ0) is 9.38. The molecule has 0 amide bonds. The Morgan fingerprint density at radius 1 is 1.50 bits per heavy atom. The van der Waals surface area contributed by atoms with Gasteiger partial charge < -0.3 is 10.2 Å². The van der Waals surface area contributed by atoms with Crippen LogP contribution < -0.4 is 5.32 Å². The molecule has 0 saturated heterocycles. The molecule has 3 rings (SSSR count). The summed E-state index contributed by atoms with van der Waals surface area (Å²) in [5, 5.41) is 5.52.